The maximum absolute atomic E-state index is 12.5. The number of hydrogen-bond acceptors (Lipinski definition) is 5. The number of aliphatic carboxylic acids is 2. The molecule has 2 amide bonds. The minimum atomic E-state index is -0.897. The summed E-state index contributed by atoms with van der Waals surface area (Å²) in [6, 6.07) is -0.141. The van der Waals surface area contributed by atoms with Gasteiger partial charge in [-0.1, -0.05) is 20.8 Å². The number of amides is 2. The fraction of sp³-hybridized carbons (Fsp3) is 0.515. The van der Waals surface area contributed by atoms with Crippen LogP contribution in [0.1, 0.15) is 92.0 Å². The Hall–Kier alpha value is -3.73. The molecule has 1 saturated heterocycles. The molecule has 1 fully saturated rings. The van der Waals surface area contributed by atoms with Crippen LogP contribution < -0.4 is 10.6 Å². The number of carboxylic acids is 2. The molecule has 0 saturated carbocycles. The first-order valence-electron chi connectivity index (χ1n) is 15.3. The van der Waals surface area contributed by atoms with Crippen LogP contribution in [-0.4, -0.2) is 55.2 Å². The molecule has 2 aliphatic rings. The van der Waals surface area contributed by atoms with Crippen molar-refractivity contribution in [2.24, 2.45) is 11.8 Å². The monoisotopic (exact) mass is 624 g/mol. The minimum Gasteiger partial charge on any atom is -0.481 e. The van der Waals surface area contributed by atoms with Crippen LogP contribution in [0.15, 0.2) is 16.8 Å². The van der Waals surface area contributed by atoms with Gasteiger partial charge in [-0.2, -0.15) is 12.6 Å². The van der Waals surface area contributed by atoms with E-state index >= 15 is 0 Å². The van der Waals surface area contributed by atoms with Crippen LogP contribution in [0.3, 0.4) is 0 Å². The zero-order valence-electron chi connectivity index (χ0n) is 26.3. The van der Waals surface area contributed by atoms with E-state index in [1.165, 1.54) is 0 Å². The number of rotatable bonds is 13. The van der Waals surface area contributed by atoms with Crippen molar-refractivity contribution in [2.75, 3.05) is 0 Å². The number of carbonyl (C=O) groups excluding carboxylic acids is 2. The lowest BCUT2D eigenvalue weighted by atomic mass is 9.91. The maximum Gasteiger partial charge on any atom is 0.303 e. The Morgan fingerprint density at radius 3 is 2.09 bits per heavy atom. The van der Waals surface area contributed by atoms with Crippen molar-refractivity contribution in [2.45, 2.75) is 97.8 Å². The van der Waals surface area contributed by atoms with E-state index < -0.39 is 11.9 Å². The summed E-state index contributed by atoms with van der Waals surface area (Å²) in [6.45, 7) is 11.7. The molecule has 0 spiro atoms. The number of aromatic nitrogens is 2. The molecule has 2 aromatic rings. The Labute approximate surface area is 263 Å². The summed E-state index contributed by atoms with van der Waals surface area (Å²) < 4.78 is 0. The molecule has 1 unspecified atom stereocenters. The van der Waals surface area contributed by atoms with E-state index in [1.54, 1.807) is 0 Å². The standard InChI is InChI=1S/C33H44N4O6S/c1-7-20-15(2)25(36-33(20)43)12-23-16(3)21(8-10-29(38)39)26(34-23)14-27-22(9-11-30(40)41)17(4)24(35-27)13-28-31(19(6)44)18(5)32(42)37-28/h13,18-19,25,31,34-35,44H,7-12,14H2,1-6H3,(H,36,43)(H,37,42)(H,38,39)(H,40,41)/b28-13-/t18-,19-,25?,31+/m1/s1. The molecule has 4 atom stereocenters. The third-order valence-corrected chi connectivity index (χ3v) is 9.67. The van der Waals surface area contributed by atoms with Gasteiger partial charge >= 0.3 is 11.9 Å². The predicted octanol–water partition coefficient (Wildman–Crippen LogP) is 4.39. The second-order valence-electron chi connectivity index (χ2n) is 12.2. The number of allylic oxidation sites excluding steroid dienone is 1. The number of aromatic amines is 2. The Kier molecular flexibility index (Phi) is 10.2. The molecule has 0 radical (unpaired) electrons. The van der Waals surface area contributed by atoms with Crippen LogP contribution in [0.25, 0.3) is 6.08 Å². The van der Waals surface area contributed by atoms with Crippen molar-refractivity contribution in [3.05, 3.63) is 61.9 Å². The second-order valence-corrected chi connectivity index (χ2v) is 13.0. The molecule has 0 aromatic carbocycles. The van der Waals surface area contributed by atoms with Crippen LogP contribution in [0, 0.1) is 25.7 Å². The molecule has 0 bridgehead atoms. The molecule has 6 N–H and O–H groups in total. The molecule has 4 rings (SSSR count). The highest BCUT2D eigenvalue weighted by Gasteiger charge is 2.38. The van der Waals surface area contributed by atoms with Crippen LogP contribution >= 0.6 is 12.6 Å². The smallest absolute Gasteiger partial charge is 0.303 e. The Balaban J connectivity index is 1.75. The zero-order valence-corrected chi connectivity index (χ0v) is 27.2. The quantitative estimate of drug-likeness (QED) is 0.163. The first kappa shape index (κ1) is 33.2. The van der Waals surface area contributed by atoms with Gasteiger partial charge in [0, 0.05) is 76.8 Å². The number of hydrogen-bond donors (Lipinski definition) is 7. The molecule has 4 heterocycles. The summed E-state index contributed by atoms with van der Waals surface area (Å²) in [6.07, 6.45) is 4.15. The summed E-state index contributed by atoms with van der Waals surface area (Å²) in [5.74, 6) is -2.18. The molecule has 44 heavy (non-hydrogen) atoms. The minimum absolute atomic E-state index is 0.0294. The Morgan fingerprint density at radius 1 is 0.955 bits per heavy atom. The van der Waals surface area contributed by atoms with Gasteiger partial charge in [0.05, 0.1) is 6.04 Å². The van der Waals surface area contributed by atoms with Crippen molar-refractivity contribution < 1.29 is 29.4 Å². The van der Waals surface area contributed by atoms with Crippen molar-refractivity contribution in [3.8, 4) is 0 Å². The van der Waals surface area contributed by atoms with E-state index in [2.05, 4.69) is 33.2 Å². The highest BCUT2D eigenvalue weighted by molar-refractivity contribution is 7.80. The largest absolute Gasteiger partial charge is 0.481 e. The molecule has 10 nitrogen and oxygen atoms in total. The lowest BCUT2D eigenvalue weighted by molar-refractivity contribution is -0.138. The van der Waals surface area contributed by atoms with E-state index in [0.717, 1.165) is 61.9 Å². The van der Waals surface area contributed by atoms with Gasteiger partial charge < -0.3 is 30.8 Å². The van der Waals surface area contributed by atoms with Crippen LogP contribution in [0.2, 0.25) is 0 Å². The van der Waals surface area contributed by atoms with Gasteiger partial charge in [0.1, 0.15) is 0 Å². The van der Waals surface area contributed by atoms with Gasteiger partial charge in [-0.15, -0.1) is 0 Å². The average molecular weight is 625 g/mol. The summed E-state index contributed by atoms with van der Waals surface area (Å²) in [5, 5.41) is 25.0. The van der Waals surface area contributed by atoms with Gasteiger partial charge in [-0.25, -0.2) is 0 Å². The van der Waals surface area contributed by atoms with E-state index in [0.29, 0.717) is 32.1 Å². The average Bonchev–Trinajstić information content (AvgIpc) is 3.59. The first-order chi connectivity index (χ1) is 20.7. The topological polar surface area (TPSA) is 164 Å². The summed E-state index contributed by atoms with van der Waals surface area (Å²) in [5.41, 5.74) is 9.72. The van der Waals surface area contributed by atoms with Crippen molar-refractivity contribution >= 4 is 42.5 Å². The molecule has 2 aromatic heterocycles. The fourth-order valence-electron chi connectivity index (χ4n) is 6.78. The first-order valence-corrected chi connectivity index (χ1v) is 15.8. The molecule has 238 valence electrons. The fourth-order valence-corrected chi connectivity index (χ4v) is 7.19. The molecule has 11 heteroatoms. The molecular formula is C33H44N4O6S. The van der Waals surface area contributed by atoms with Crippen molar-refractivity contribution in [3.63, 3.8) is 0 Å². The highest BCUT2D eigenvalue weighted by atomic mass is 32.1. The van der Waals surface area contributed by atoms with E-state index in [1.807, 2.05) is 47.6 Å². The maximum atomic E-state index is 12.5. The second kappa shape index (κ2) is 13.5. The summed E-state index contributed by atoms with van der Waals surface area (Å²) in [7, 11) is 0. The lowest BCUT2D eigenvalue weighted by Crippen LogP contribution is -2.30. The van der Waals surface area contributed by atoms with E-state index in [4.69, 9.17) is 0 Å². The van der Waals surface area contributed by atoms with Crippen LogP contribution in [-0.2, 0) is 44.9 Å². The number of thiol groups is 1. The lowest BCUT2D eigenvalue weighted by Gasteiger charge is -2.17. The Bertz CT molecular complexity index is 1550. The van der Waals surface area contributed by atoms with E-state index in [-0.39, 0.29) is 47.8 Å². The number of H-pyrrole nitrogens is 2. The zero-order chi connectivity index (χ0) is 32.5. The molecular weight excluding hydrogens is 580 g/mol. The van der Waals surface area contributed by atoms with Crippen molar-refractivity contribution in [1.82, 2.24) is 20.6 Å². The Morgan fingerprint density at radius 2 is 1.55 bits per heavy atom. The SMILES string of the molecule is CCC1=C(C)C(Cc2[nH]c(Cc3[nH]c(/C=C4\NC(=O)[C@H](C)[C@H]4[C@@H](C)S)c(C)c3CCC(=O)O)c(CCC(=O)O)c2C)NC1=O. The van der Waals surface area contributed by atoms with Gasteiger partial charge in [-0.3, -0.25) is 19.2 Å². The van der Waals surface area contributed by atoms with Crippen molar-refractivity contribution in [1.29, 1.82) is 0 Å². The highest BCUT2D eigenvalue weighted by Crippen LogP contribution is 2.35. The third kappa shape index (κ3) is 6.82. The predicted molar refractivity (Wildman–Crippen MR) is 172 cm³/mol. The third-order valence-electron chi connectivity index (χ3n) is 9.35. The van der Waals surface area contributed by atoms with E-state index in [9.17, 15) is 29.4 Å². The summed E-state index contributed by atoms with van der Waals surface area (Å²) >= 11 is 4.63. The number of carbonyl (C=O) groups is 4. The van der Waals surface area contributed by atoms with Crippen LogP contribution in [0.4, 0.5) is 0 Å². The van der Waals surface area contributed by atoms with Gasteiger partial charge in [-0.05, 0) is 73.9 Å². The normalized spacial score (nSPS) is 21.7. The summed E-state index contributed by atoms with van der Waals surface area (Å²) in [4.78, 5) is 55.2. The molecule has 2 aliphatic heterocycles. The van der Waals surface area contributed by atoms with Gasteiger partial charge in [0.2, 0.25) is 11.8 Å². The van der Waals surface area contributed by atoms with Gasteiger partial charge in [0.15, 0.2) is 0 Å². The molecule has 0 aliphatic carbocycles. The van der Waals surface area contributed by atoms with Crippen LogP contribution in [0.5, 0.6) is 0 Å². The number of carboxylic acid groups (broad SMARTS) is 2. The number of nitrogens with one attached hydrogen (secondary N) is 4. The van der Waals surface area contributed by atoms with Gasteiger partial charge in [0.25, 0.3) is 0 Å².